The molecule has 33 heavy (non-hydrogen) atoms. The number of pyridine rings is 1. The molecule has 1 fully saturated rings. The zero-order valence-corrected chi connectivity index (χ0v) is 18.3. The molecule has 166 valence electrons. The van der Waals surface area contributed by atoms with Crippen LogP contribution in [0.15, 0.2) is 78.6 Å². The van der Waals surface area contributed by atoms with Crippen molar-refractivity contribution in [2.75, 3.05) is 6.54 Å². The standard InChI is InChI=1S/C27H24N2O4/c1-17-14-21-15-19(9-10-22(21)33-17)25(30)23-24(20-8-5-12-28-16-20)29(27(32)26(23)31)13-11-18-6-3-2-4-7-18/h2-10,12,15-17,24,30H,11,13-14H2,1H3/b25-23+/t17-,24+/m0/s1. The van der Waals surface area contributed by atoms with Gasteiger partial charge in [0, 0.05) is 30.9 Å². The maximum absolute atomic E-state index is 13.2. The van der Waals surface area contributed by atoms with Crippen LogP contribution in [0, 0.1) is 0 Å². The van der Waals surface area contributed by atoms with Gasteiger partial charge in [-0.1, -0.05) is 36.4 Å². The third-order valence-corrected chi connectivity index (χ3v) is 6.19. The Morgan fingerprint density at radius 2 is 1.94 bits per heavy atom. The van der Waals surface area contributed by atoms with Crippen LogP contribution in [0.5, 0.6) is 5.75 Å². The van der Waals surface area contributed by atoms with Crippen molar-refractivity contribution in [3.8, 4) is 5.75 Å². The molecule has 1 amide bonds. The number of carbonyl (C=O) groups is 2. The lowest BCUT2D eigenvalue weighted by molar-refractivity contribution is -0.139. The summed E-state index contributed by atoms with van der Waals surface area (Å²) in [6.45, 7) is 2.33. The summed E-state index contributed by atoms with van der Waals surface area (Å²) in [5, 5.41) is 11.3. The first-order chi connectivity index (χ1) is 16.0. The Labute approximate surface area is 192 Å². The van der Waals surface area contributed by atoms with Crippen LogP contribution in [0.1, 0.15) is 35.2 Å². The first-order valence-electron chi connectivity index (χ1n) is 11.0. The summed E-state index contributed by atoms with van der Waals surface area (Å²) in [6.07, 6.45) is 4.67. The van der Waals surface area contributed by atoms with Crippen molar-refractivity contribution < 1.29 is 19.4 Å². The van der Waals surface area contributed by atoms with E-state index in [0.29, 0.717) is 24.1 Å². The molecule has 0 bridgehead atoms. The molecular weight excluding hydrogens is 416 g/mol. The van der Waals surface area contributed by atoms with Crippen molar-refractivity contribution in [3.63, 3.8) is 0 Å². The van der Waals surface area contributed by atoms with E-state index in [2.05, 4.69) is 4.98 Å². The van der Waals surface area contributed by atoms with Crippen LogP contribution in [-0.2, 0) is 22.4 Å². The Hall–Kier alpha value is -3.93. The lowest BCUT2D eigenvalue weighted by Gasteiger charge is -2.25. The summed E-state index contributed by atoms with van der Waals surface area (Å²) in [6, 6.07) is 18.1. The molecule has 3 aromatic rings. The Morgan fingerprint density at radius 1 is 1.12 bits per heavy atom. The number of amides is 1. The number of carbonyl (C=O) groups excluding carboxylic acids is 2. The summed E-state index contributed by atoms with van der Waals surface area (Å²) < 4.78 is 5.75. The fourth-order valence-electron chi connectivity index (χ4n) is 4.61. The fraction of sp³-hybridized carbons (Fsp3) is 0.222. The van der Waals surface area contributed by atoms with Gasteiger partial charge in [0.25, 0.3) is 11.7 Å². The van der Waals surface area contributed by atoms with E-state index in [0.717, 1.165) is 23.3 Å². The summed E-state index contributed by atoms with van der Waals surface area (Å²) in [4.78, 5) is 32.0. The number of fused-ring (bicyclic) bond motifs is 1. The van der Waals surface area contributed by atoms with Gasteiger partial charge in [-0.05, 0) is 54.3 Å². The quantitative estimate of drug-likeness (QED) is 0.368. The second kappa shape index (κ2) is 8.54. The van der Waals surface area contributed by atoms with Crippen LogP contribution < -0.4 is 4.74 Å². The van der Waals surface area contributed by atoms with Gasteiger partial charge in [0.15, 0.2) is 0 Å². The van der Waals surface area contributed by atoms with Crippen LogP contribution in [0.2, 0.25) is 0 Å². The van der Waals surface area contributed by atoms with E-state index in [9.17, 15) is 14.7 Å². The molecule has 2 aliphatic rings. The molecular formula is C27H24N2O4. The number of aromatic nitrogens is 1. The highest BCUT2D eigenvalue weighted by Crippen LogP contribution is 2.40. The number of nitrogens with zero attached hydrogens (tertiary/aromatic N) is 2. The number of benzene rings is 2. The van der Waals surface area contributed by atoms with Crippen LogP contribution in [0.4, 0.5) is 0 Å². The topological polar surface area (TPSA) is 79.7 Å². The predicted molar refractivity (Wildman–Crippen MR) is 124 cm³/mol. The first kappa shape index (κ1) is 20.9. The fourth-order valence-corrected chi connectivity index (χ4v) is 4.61. The Balaban J connectivity index is 1.56. The Kier molecular flexibility index (Phi) is 5.42. The van der Waals surface area contributed by atoms with Gasteiger partial charge in [-0.2, -0.15) is 0 Å². The van der Waals surface area contributed by atoms with Crippen molar-refractivity contribution in [1.82, 2.24) is 9.88 Å². The molecule has 1 N–H and O–H groups in total. The number of hydrogen-bond acceptors (Lipinski definition) is 5. The highest BCUT2D eigenvalue weighted by Gasteiger charge is 2.46. The molecule has 2 aromatic carbocycles. The summed E-state index contributed by atoms with van der Waals surface area (Å²) >= 11 is 0. The third-order valence-electron chi connectivity index (χ3n) is 6.19. The van der Waals surface area contributed by atoms with Gasteiger partial charge in [0.1, 0.15) is 17.6 Å². The van der Waals surface area contributed by atoms with Gasteiger partial charge in [0.2, 0.25) is 0 Å². The molecule has 2 aliphatic heterocycles. The molecule has 0 spiro atoms. The maximum atomic E-state index is 13.2. The molecule has 0 unspecified atom stereocenters. The van der Waals surface area contributed by atoms with E-state index < -0.39 is 17.7 Å². The van der Waals surface area contributed by atoms with E-state index in [1.54, 1.807) is 30.6 Å². The average molecular weight is 440 g/mol. The first-order valence-corrected chi connectivity index (χ1v) is 11.0. The van der Waals surface area contributed by atoms with E-state index in [4.69, 9.17) is 4.74 Å². The number of rotatable bonds is 5. The van der Waals surface area contributed by atoms with Crippen molar-refractivity contribution >= 4 is 17.4 Å². The van der Waals surface area contributed by atoms with Crippen molar-refractivity contribution in [2.24, 2.45) is 0 Å². The highest BCUT2D eigenvalue weighted by atomic mass is 16.5. The van der Waals surface area contributed by atoms with E-state index in [1.807, 2.05) is 49.4 Å². The van der Waals surface area contributed by atoms with E-state index in [1.165, 1.54) is 4.90 Å². The second-order valence-corrected chi connectivity index (χ2v) is 8.47. The lowest BCUT2D eigenvalue weighted by Crippen LogP contribution is -2.31. The second-order valence-electron chi connectivity index (χ2n) is 8.47. The van der Waals surface area contributed by atoms with Gasteiger partial charge in [-0.25, -0.2) is 0 Å². The predicted octanol–water partition coefficient (Wildman–Crippen LogP) is 4.07. The van der Waals surface area contributed by atoms with Crippen molar-refractivity contribution in [2.45, 2.75) is 31.9 Å². The normalized spacial score (nSPS) is 21.2. The van der Waals surface area contributed by atoms with Gasteiger partial charge in [-0.15, -0.1) is 0 Å². The van der Waals surface area contributed by atoms with Gasteiger partial charge in [0.05, 0.1) is 11.6 Å². The third kappa shape index (κ3) is 3.89. The number of ketones is 1. The average Bonchev–Trinajstić information content (AvgIpc) is 3.34. The van der Waals surface area contributed by atoms with Gasteiger partial charge >= 0.3 is 0 Å². The minimum atomic E-state index is -0.703. The smallest absolute Gasteiger partial charge is 0.295 e. The van der Waals surface area contributed by atoms with E-state index >= 15 is 0 Å². The SMILES string of the molecule is C[C@H]1Cc2cc(/C(O)=C3\C(=O)C(=O)N(CCc4ccccc4)[C@@H]3c3cccnc3)ccc2O1. The molecule has 1 aromatic heterocycles. The molecule has 0 saturated carbocycles. The minimum absolute atomic E-state index is 0.0661. The number of likely N-dealkylation sites (tertiary alicyclic amines) is 1. The summed E-state index contributed by atoms with van der Waals surface area (Å²) in [5.74, 6) is -0.683. The number of aliphatic hydroxyl groups excluding tert-OH is 1. The molecule has 1 saturated heterocycles. The number of aliphatic hydroxyl groups is 1. The molecule has 2 atom stereocenters. The monoisotopic (exact) mass is 440 g/mol. The van der Waals surface area contributed by atoms with Crippen LogP contribution in [0.25, 0.3) is 5.76 Å². The maximum Gasteiger partial charge on any atom is 0.295 e. The van der Waals surface area contributed by atoms with Crippen LogP contribution in [-0.4, -0.2) is 39.3 Å². The molecule has 0 radical (unpaired) electrons. The summed E-state index contributed by atoms with van der Waals surface area (Å²) in [5.41, 5.74) is 3.32. The van der Waals surface area contributed by atoms with Crippen molar-refractivity contribution in [3.05, 3.63) is 101 Å². The lowest BCUT2D eigenvalue weighted by atomic mass is 9.95. The van der Waals surface area contributed by atoms with Crippen molar-refractivity contribution in [1.29, 1.82) is 0 Å². The number of ether oxygens (including phenoxy) is 1. The van der Waals surface area contributed by atoms with Gasteiger partial charge < -0.3 is 14.7 Å². The minimum Gasteiger partial charge on any atom is -0.507 e. The molecule has 3 heterocycles. The molecule has 6 nitrogen and oxygen atoms in total. The summed E-state index contributed by atoms with van der Waals surface area (Å²) in [7, 11) is 0. The van der Waals surface area contributed by atoms with Crippen LogP contribution in [0.3, 0.4) is 0 Å². The van der Waals surface area contributed by atoms with Gasteiger partial charge in [-0.3, -0.25) is 14.6 Å². The Bertz CT molecular complexity index is 1240. The van der Waals surface area contributed by atoms with Crippen LogP contribution >= 0.6 is 0 Å². The molecule has 0 aliphatic carbocycles. The number of Topliss-reactive ketones (excluding diaryl/α,β-unsaturated/α-hetero) is 1. The zero-order chi connectivity index (χ0) is 22.9. The van der Waals surface area contributed by atoms with E-state index in [-0.39, 0.29) is 17.4 Å². The highest BCUT2D eigenvalue weighted by molar-refractivity contribution is 6.46. The number of hydrogen-bond donors (Lipinski definition) is 1. The molecule has 5 rings (SSSR count). The zero-order valence-electron chi connectivity index (χ0n) is 18.3. The largest absolute Gasteiger partial charge is 0.507 e. The molecule has 6 heteroatoms. The Morgan fingerprint density at radius 3 is 2.70 bits per heavy atom.